The van der Waals surface area contributed by atoms with E-state index in [1.807, 2.05) is 0 Å². The molecule has 1 rings (SSSR count). The number of hydrogen-bond acceptors (Lipinski definition) is 1. The molecular formula is C10H9BrF3N. The van der Waals surface area contributed by atoms with E-state index in [2.05, 4.69) is 15.9 Å². The lowest BCUT2D eigenvalue weighted by Gasteiger charge is -2.08. The van der Waals surface area contributed by atoms with Crippen molar-refractivity contribution in [2.75, 3.05) is 11.1 Å². The zero-order chi connectivity index (χ0) is 11.5. The Morgan fingerprint density at radius 1 is 1.33 bits per heavy atom. The van der Waals surface area contributed by atoms with Crippen molar-refractivity contribution >= 4 is 27.7 Å². The van der Waals surface area contributed by atoms with Crippen LogP contribution in [0.4, 0.5) is 18.9 Å². The summed E-state index contributed by atoms with van der Waals surface area (Å²) in [7, 11) is 0. The molecule has 0 spiro atoms. The maximum atomic E-state index is 12.3. The van der Waals surface area contributed by atoms with Gasteiger partial charge in [0, 0.05) is 11.0 Å². The molecule has 0 atom stereocenters. The van der Waals surface area contributed by atoms with Crippen molar-refractivity contribution in [3.63, 3.8) is 0 Å². The number of alkyl halides is 4. The van der Waals surface area contributed by atoms with Crippen molar-refractivity contribution in [1.82, 2.24) is 0 Å². The van der Waals surface area contributed by atoms with E-state index < -0.39 is 11.7 Å². The molecular weight excluding hydrogens is 271 g/mol. The van der Waals surface area contributed by atoms with Crippen LogP contribution < -0.4 is 5.73 Å². The smallest absolute Gasteiger partial charge is 0.398 e. The van der Waals surface area contributed by atoms with Crippen LogP contribution in [0.1, 0.15) is 11.1 Å². The molecule has 0 saturated carbocycles. The minimum Gasteiger partial charge on any atom is -0.398 e. The third-order valence-corrected chi connectivity index (χ3v) is 2.17. The molecule has 0 unspecified atom stereocenters. The van der Waals surface area contributed by atoms with Crippen molar-refractivity contribution in [2.24, 2.45) is 0 Å². The normalized spacial score (nSPS) is 12.3. The van der Waals surface area contributed by atoms with Crippen LogP contribution >= 0.6 is 15.9 Å². The quantitative estimate of drug-likeness (QED) is 0.648. The first-order valence-electron chi connectivity index (χ1n) is 4.14. The average Bonchev–Trinajstić information content (AvgIpc) is 2.15. The second-order valence-corrected chi connectivity index (χ2v) is 3.55. The molecule has 0 aromatic heterocycles. The summed E-state index contributed by atoms with van der Waals surface area (Å²) in [4.78, 5) is 0. The van der Waals surface area contributed by atoms with Gasteiger partial charge < -0.3 is 5.73 Å². The van der Waals surface area contributed by atoms with Crippen LogP contribution in [0.3, 0.4) is 0 Å². The van der Waals surface area contributed by atoms with E-state index in [1.165, 1.54) is 6.07 Å². The molecule has 1 nitrogen and oxygen atoms in total. The highest BCUT2D eigenvalue weighted by atomic mass is 79.9. The SMILES string of the molecule is Nc1ccc(C(F)(F)F)cc1C=CCBr. The van der Waals surface area contributed by atoms with Gasteiger partial charge in [0.05, 0.1) is 5.56 Å². The molecule has 15 heavy (non-hydrogen) atoms. The van der Waals surface area contributed by atoms with Crippen LogP contribution in [-0.2, 0) is 6.18 Å². The Hall–Kier alpha value is -0.970. The minimum atomic E-state index is -4.33. The van der Waals surface area contributed by atoms with Crippen LogP contribution in [0.5, 0.6) is 0 Å². The van der Waals surface area contributed by atoms with Crippen LogP contribution in [-0.4, -0.2) is 5.33 Å². The highest BCUT2D eigenvalue weighted by molar-refractivity contribution is 9.09. The van der Waals surface area contributed by atoms with Crippen molar-refractivity contribution in [3.8, 4) is 0 Å². The predicted octanol–water partition coefficient (Wildman–Crippen LogP) is 3.70. The Balaban J connectivity index is 3.11. The van der Waals surface area contributed by atoms with Crippen LogP contribution in [0.15, 0.2) is 24.3 Å². The third-order valence-electron chi connectivity index (χ3n) is 1.80. The standard InChI is InChI=1S/C10H9BrF3N/c11-5-1-2-7-6-8(10(12,13)14)3-4-9(7)15/h1-4,6H,5,15H2. The lowest BCUT2D eigenvalue weighted by atomic mass is 10.1. The Morgan fingerprint density at radius 3 is 2.53 bits per heavy atom. The summed E-state index contributed by atoms with van der Waals surface area (Å²) in [6, 6.07) is 3.27. The minimum absolute atomic E-state index is 0.334. The summed E-state index contributed by atoms with van der Waals surface area (Å²) in [6.07, 6.45) is -1.09. The number of benzene rings is 1. The fourth-order valence-electron chi connectivity index (χ4n) is 1.07. The van der Waals surface area contributed by atoms with E-state index in [4.69, 9.17) is 5.73 Å². The topological polar surface area (TPSA) is 26.0 Å². The number of nitrogens with two attached hydrogens (primary N) is 1. The van der Waals surface area contributed by atoms with Crippen LogP contribution in [0.25, 0.3) is 6.08 Å². The number of allylic oxidation sites excluding steroid dienone is 1. The first-order valence-corrected chi connectivity index (χ1v) is 5.26. The predicted molar refractivity (Wildman–Crippen MR) is 58.7 cm³/mol. The van der Waals surface area contributed by atoms with Crippen molar-refractivity contribution in [3.05, 3.63) is 35.4 Å². The molecule has 0 aliphatic carbocycles. The van der Waals surface area contributed by atoms with Gasteiger partial charge in [0.1, 0.15) is 0 Å². The zero-order valence-corrected chi connectivity index (χ0v) is 9.27. The van der Waals surface area contributed by atoms with Gasteiger partial charge in [-0.25, -0.2) is 0 Å². The molecule has 1 aromatic carbocycles. The fraction of sp³-hybridized carbons (Fsp3) is 0.200. The van der Waals surface area contributed by atoms with E-state index in [0.717, 1.165) is 12.1 Å². The Morgan fingerprint density at radius 2 is 2.00 bits per heavy atom. The van der Waals surface area contributed by atoms with Crippen LogP contribution in [0.2, 0.25) is 0 Å². The van der Waals surface area contributed by atoms with Crippen molar-refractivity contribution < 1.29 is 13.2 Å². The van der Waals surface area contributed by atoms with Gasteiger partial charge in [-0.2, -0.15) is 13.2 Å². The van der Waals surface area contributed by atoms with Gasteiger partial charge in [-0.3, -0.25) is 0 Å². The zero-order valence-electron chi connectivity index (χ0n) is 7.68. The monoisotopic (exact) mass is 279 g/mol. The molecule has 1 aromatic rings. The second kappa shape index (κ2) is 4.70. The summed E-state index contributed by atoms with van der Waals surface area (Å²) < 4.78 is 37.0. The largest absolute Gasteiger partial charge is 0.416 e. The van der Waals surface area contributed by atoms with E-state index in [9.17, 15) is 13.2 Å². The highest BCUT2D eigenvalue weighted by Gasteiger charge is 2.30. The van der Waals surface area contributed by atoms with Gasteiger partial charge in [-0.05, 0) is 23.8 Å². The molecule has 0 fully saturated rings. The van der Waals surface area contributed by atoms with E-state index in [-0.39, 0.29) is 0 Å². The number of nitrogen functional groups attached to an aromatic ring is 1. The number of anilines is 1. The average molecular weight is 280 g/mol. The summed E-state index contributed by atoms with van der Waals surface area (Å²) >= 11 is 3.14. The number of rotatable bonds is 2. The van der Waals surface area contributed by atoms with Crippen LogP contribution in [0, 0.1) is 0 Å². The van der Waals surface area contributed by atoms with E-state index in [1.54, 1.807) is 12.2 Å². The molecule has 0 heterocycles. The Bertz CT molecular complexity index is 371. The Kier molecular flexibility index (Phi) is 3.79. The van der Waals surface area contributed by atoms with Gasteiger partial charge in [0.15, 0.2) is 0 Å². The summed E-state index contributed by atoms with van der Waals surface area (Å²) in [5, 5.41) is 0.572. The third kappa shape index (κ3) is 3.27. The molecule has 0 amide bonds. The summed E-state index contributed by atoms with van der Waals surface area (Å²) in [5.41, 5.74) is 5.56. The maximum Gasteiger partial charge on any atom is 0.416 e. The first kappa shape index (κ1) is 12.1. The van der Waals surface area contributed by atoms with Crippen molar-refractivity contribution in [2.45, 2.75) is 6.18 Å². The molecule has 0 saturated heterocycles. The van der Waals surface area contributed by atoms with E-state index in [0.29, 0.717) is 16.6 Å². The molecule has 0 radical (unpaired) electrons. The van der Waals surface area contributed by atoms with Gasteiger partial charge in [-0.15, -0.1) is 0 Å². The van der Waals surface area contributed by atoms with Gasteiger partial charge in [0.2, 0.25) is 0 Å². The lowest BCUT2D eigenvalue weighted by molar-refractivity contribution is -0.137. The molecule has 82 valence electrons. The van der Waals surface area contributed by atoms with Gasteiger partial charge >= 0.3 is 6.18 Å². The maximum absolute atomic E-state index is 12.3. The summed E-state index contributed by atoms with van der Waals surface area (Å²) in [5.74, 6) is 0. The molecule has 0 aliphatic heterocycles. The number of halogens is 4. The Labute approximate surface area is 93.9 Å². The lowest BCUT2D eigenvalue weighted by Crippen LogP contribution is -2.05. The first-order chi connectivity index (χ1) is 6.95. The second-order valence-electron chi connectivity index (χ2n) is 2.90. The molecule has 0 aliphatic rings. The van der Waals surface area contributed by atoms with E-state index >= 15 is 0 Å². The summed E-state index contributed by atoms with van der Waals surface area (Å²) in [6.45, 7) is 0. The molecule has 0 bridgehead atoms. The van der Waals surface area contributed by atoms with Gasteiger partial charge in [-0.1, -0.05) is 28.1 Å². The van der Waals surface area contributed by atoms with Crippen molar-refractivity contribution in [1.29, 1.82) is 0 Å². The molecule has 2 N–H and O–H groups in total. The van der Waals surface area contributed by atoms with Gasteiger partial charge in [0.25, 0.3) is 0 Å². The number of hydrogen-bond donors (Lipinski definition) is 1. The fourth-order valence-corrected chi connectivity index (χ4v) is 1.25. The highest BCUT2D eigenvalue weighted by Crippen LogP contribution is 2.31. The molecule has 5 heteroatoms.